The summed E-state index contributed by atoms with van der Waals surface area (Å²) >= 11 is 0. The average Bonchev–Trinajstić information content (AvgIpc) is 3.13. The fraction of sp³-hybridized carbons (Fsp3) is 0.261. The molecule has 0 unspecified atom stereocenters. The van der Waals surface area contributed by atoms with E-state index in [1.807, 2.05) is 35.8 Å². The molecule has 0 atom stereocenters. The molecule has 0 bridgehead atoms. The third-order valence-corrected chi connectivity index (χ3v) is 4.83. The Labute approximate surface area is 170 Å². The van der Waals surface area contributed by atoms with Crippen LogP contribution in [0, 0.1) is 13.8 Å². The van der Waals surface area contributed by atoms with Gasteiger partial charge >= 0.3 is 6.01 Å². The number of para-hydroxylation sites is 1. The van der Waals surface area contributed by atoms with Gasteiger partial charge in [0.15, 0.2) is 17.0 Å². The first kappa shape index (κ1) is 18.9. The smallest absolute Gasteiger partial charge is 0.326 e. The third kappa shape index (κ3) is 4.06. The van der Waals surface area contributed by atoms with Gasteiger partial charge in [-0.25, -0.2) is 4.98 Å². The van der Waals surface area contributed by atoms with Crippen LogP contribution in [0.4, 0.5) is 5.82 Å². The van der Waals surface area contributed by atoms with Crippen LogP contribution in [0.2, 0.25) is 0 Å². The number of ether oxygens (including phenoxy) is 1. The summed E-state index contributed by atoms with van der Waals surface area (Å²) in [6.07, 6.45) is 1.80. The van der Waals surface area contributed by atoms with Gasteiger partial charge in [0, 0.05) is 12.6 Å². The molecule has 4 rings (SSSR count). The van der Waals surface area contributed by atoms with E-state index in [2.05, 4.69) is 65.3 Å². The second-order valence-corrected chi connectivity index (χ2v) is 7.48. The Morgan fingerprint density at radius 2 is 1.76 bits per heavy atom. The van der Waals surface area contributed by atoms with Crippen LogP contribution in [-0.4, -0.2) is 19.5 Å². The van der Waals surface area contributed by atoms with E-state index in [0.717, 1.165) is 22.5 Å². The van der Waals surface area contributed by atoms with Gasteiger partial charge < -0.3 is 14.6 Å². The average molecular weight is 387 g/mol. The van der Waals surface area contributed by atoms with Gasteiger partial charge in [-0.15, -0.1) is 0 Å². The van der Waals surface area contributed by atoms with Crippen molar-refractivity contribution in [2.45, 2.75) is 40.3 Å². The second-order valence-electron chi connectivity index (χ2n) is 7.48. The van der Waals surface area contributed by atoms with Crippen molar-refractivity contribution in [1.82, 2.24) is 19.5 Å². The number of nitrogens with one attached hydrogen (secondary N) is 1. The Bertz CT molecular complexity index is 1130. The molecule has 0 aliphatic heterocycles. The number of anilines is 1. The van der Waals surface area contributed by atoms with Crippen molar-refractivity contribution in [3.63, 3.8) is 0 Å². The summed E-state index contributed by atoms with van der Waals surface area (Å²) in [5.41, 5.74) is 4.94. The maximum atomic E-state index is 6.03. The zero-order chi connectivity index (χ0) is 20.4. The molecular weight excluding hydrogens is 362 g/mol. The lowest BCUT2D eigenvalue weighted by molar-refractivity contribution is 0.440. The van der Waals surface area contributed by atoms with Crippen molar-refractivity contribution in [2.24, 2.45) is 0 Å². The number of imidazole rings is 1. The van der Waals surface area contributed by atoms with Crippen LogP contribution in [0.15, 0.2) is 54.9 Å². The number of benzene rings is 2. The van der Waals surface area contributed by atoms with E-state index in [-0.39, 0.29) is 6.04 Å². The second kappa shape index (κ2) is 7.91. The highest BCUT2D eigenvalue weighted by Gasteiger charge is 2.16. The maximum absolute atomic E-state index is 6.03. The quantitative estimate of drug-likeness (QED) is 0.478. The minimum atomic E-state index is 0.228. The molecule has 2 aromatic heterocycles. The summed E-state index contributed by atoms with van der Waals surface area (Å²) < 4.78 is 8.05. The Balaban J connectivity index is 1.71. The first-order chi connectivity index (χ1) is 14.0. The van der Waals surface area contributed by atoms with Gasteiger partial charge in [-0.05, 0) is 44.9 Å². The van der Waals surface area contributed by atoms with Gasteiger partial charge in [0.05, 0.1) is 6.33 Å². The zero-order valence-electron chi connectivity index (χ0n) is 17.2. The van der Waals surface area contributed by atoms with Gasteiger partial charge in [0.2, 0.25) is 0 Å². The van der Waals surface area contributed by atoms with Gasteiger partial charge in [-0.2, -0.15) is 9.97 Å². The molecule has 0 spiro atoms. The normalized spacial score (nSPS) is 11.2. The largest absolute Gasteiger partial charge is 0.424 e. The van der Waals surface area contributed by atoms with E-state index in [4.69, 9.17) is 4.74 Å². The van der Waals surface area contributed by atoms with Crippen molar-refractivity contribution in [3.05, 3.63) is 71.5 Å². The maximum Gasteiger partial charge on any atom is 0.326 e. The first-order valence-corrected chi connectivity index (χ1v) is 9.79. The number of aromatic nitrogens is 4. The van der Waals surface area contributed by atoms with E-state index in [0.29, 0.717) is 18.4 Å². The minimum Gasteiger partial charge on any atom is -0.424 e. The van der Waals surface area contributed by atoms with E-state index in [1.54, 1.807) is 6.33 Å². The monoisotopic (exact) mass is 387 g/mol. The number of nitrogens with zero attached hydrogens (tertiary/aromatic N) is 4. The van der Waals surface area contributed by atoms with E-state index < -0.39 is 0 Å². The zero-order valence-corrected chi connectivity index (χ0v) is 17.2. The summed E-state index contributed by atoms with van der Waals surface area (Å²) in [7, 11) is 0. The van der Waals surface area contributed by atoms with Crippen LogP contribution in [0.3, 0.4) is 0 Å². The molecule has 6 heteroatoms. The molecule has 0 amide bonds. The number of rotatable bonds is 6. The molecule has 0 saturated heterocycles. The Morgan fingerprint density at radius 1 is 1.00 bits per heavy atom. The Kier molecular flexibility index (Phi) is 5.16. The topological polar surface area (TPSA) is 64.9 Å². The van der Waals surface area contributed by atoms with Crippen molar-refractivity contribution in [3.8, 4) is 11.8 Å². The van der Waals surface area contributed by atoms with E-state index in [9.17, 15) is 0 Å². The molecule has 0 aliphatic carbocycles. The number of hydrogen-bond acceptors (Lipinski definition) is 5. The number of hydrogen-bond donors (Lipinski definition) is 1. The summed E-state index contributed by atoms with van der Waals surface area (Å²) in [4.78, 5) is 13.8. The highest BCUT2D eigenvalue weighted by atomic mass is 16.5. The van der Waals surface area contributed by atoms with Crippen LogP contribution in [0.1, 0.15) is 36.6 Å². The predicted molar refractivity (Wildman–Crippen MR) is 115 cm³/mol. The summed E-state index contributed by atoms with van der Waals surface area (Å²) in [5.74, 6) is 1.41. The van der Waals surface area contributed by atoms with Crippen molar-refractivity contribution >= 4 is 17.0 Å². The van der Waals surface area contributed by atoms with Crippen LogP contribution in [0.5, 0.6) is 11.8 Å². The van der Waals surface area contributed by atoms with Crippen molar-refractivity contribution in [1.29, 1.82) is 0 Å². The SMILES string of the molecule is Cc1ccc(CNc2nc(Oc3ccccc3C)nc3c2ncn3C(C)C)cc1. The molecule has 4 aromatic rings. The molecule has 2 heterocycles. The molecule has 0 fully saturated rings. The first-order valence-electron chi connectivity index (χ1n) is 9.79. The van der Waals surface area contributed by atoms with E-state index >= 15 is 0 Å². The Hall–Kier alpha value is -3.41. The summed E-state index contributed by atoms with van der Waals surface area (Å²) in [6, 6.07) is 16.8. The van der Waals surface area contributed by atoms with Crippen LogP contribution >= 0.6 is 0 Å². The minimum absolute atomic E-state index is 0.228. The highest BCUT2D eigenvalue weighted by molar-refractivity contribution is 5.83. The molecule has 29 heavy (non-hydrogen) atoms. The number of fused-ring (bicyclic) bond motifs is 1. The molecule has 1 N–H and O–H groups in total. The fourth-order valence-electron chi connectivity index (χ4n) is 3.10. The van der Waals surface area contributed by atoms with E-state index in [1.165, 1.54) is 11.1 Å². The lowest BCUT2D eigenvalue weighted by atomic mass is 10.1. The van der Waals surface area contributed by atoms with Gasteiger partial charge in [0.25, 0.3) is 0 Å². The lowest BCUT2D eigenvalue weighted by Gasteiger charge is -2.12. The van der Waals surface area contributed by atoms with Crippen molar-refractivity contribution in [2.75, 3.05) is 5.32 Å². The molecule has 148 valence electrons. The van der Waals surface area contributed by atoms with Gasteiger partial charge in [-0.1, -0.05) is 48.0 Å². The molecule has 0 saturated carbocycles. The third-order valence-electron chi connectivity index (χ3n) is 4.83. The lowest BCUT2D eigenvalue weighted by Crippen LogP contribution is -2.06. The molecule has 2 aromatic carbocycles. The summed E-state index contributed by atoms with van der Waals surface area (Å²) in [6.45, 7) is 8.93. The standard InChI is InChI=1S/C23H25N5O/c1-15(2)28-14-25-20-21(24-13-18-11-9-16(3)10-12-18)26-23(27-22(20)28)29-19-8-6-5-7-17(19)4/h5-12,14-15H,13H2,1-4H3,(H,24,26,27). The van der Waals surface area contributed by atoms with Gasteiger partial charge in [-0.3, -0.25) is 0 Å². The predicted octanol–water partition coefficient (Wildman–Crippen LogP) is 5.43. The Morgan fingerprint density at radius 3 is 2.48 bits per heavy atom. The summed E-state index contributed by atoms with van der Waals surface area (Å²) in [5, 5.41) is 3.41. The molecule has 0 radical (unpaired) electrons. The van der Waals surface area contributed by atoms with Crippen LogP contribution in [0.25, 0.3) is 11.2 Å². The molecule has 6 nitrogen and oxygen atoms in total. The van der Waals surface area contributed by atoms with Crippen LogP contribution < -0.4 is 10.1 Å². The fourth-order valence-corrected chi connectivity index (χ4v) is 3.10. The van der Waals surface area contributed by atoms with Gasteiger partial charge in [0.1, 0.15) is 5.75 Å². The van der Waals surface area contributed by atoms with Crippen molar-refractivity contribution < 1.29 is 4.74 Å². The number of aryl methyl sites for hydroxylation is 2. The highest BCUT2D eigenvalue weighted by Crippen LogP contribution is 2.28. The molecular formula is C23H25N5O. The van der Waals surface area contributed by atoms with Crippen LogP contribution in [-0.2, 0) is 6.54 Å². The molecule has 0 aliphatic rings.